The second-order valence-corrected chi connectivity index (χ2v) is 31.7. The normalized spacial score (nSPS) is 11.9. The van der Waals surface area contributed by atoms with Crippen molar-refractivity contribution in [3.05, 3.63) is 199 Å². The summed E-state index contributed by atoms with van der Waals surface area (Å²) in [4.78, 5) is 88.2. The van der Waals surface area contributed by atoms with Gasteiger partial charge in [0.2, 0.25) is 0 Å². The molecule has 0 spiro atoms. The van der Waals surface area contributed by atoms with Crippen LogP contribution in [0, 0.1) is 13.8 Å². The molecule has 2 saturated heterocycles. The van der Waals surface area contributed by atoms with E-state index in [1.165, 1.54) is 236 Å². The predicted molar refractivity (Wildman–Crippen MR) is 516 cm³/mol. The zero-order valence-corrected chi connectivity index (χ0v) is 80.1. The summed E-state index contributed by atoms with van der Waals surface area (Å²) in [6.45, 7) is 29.9. The fourth-order valence-electron chi connectivity index (χ4n) is 14.4. The van der Waals surface area contributed by atoms with E-state index in [-0.39, 0.29) is 87.6 Å². The van der Waals surface area contributed by atoms with Crippen LogP contribution in [0.15, 0.2) is 152 Å². The Kier molecular flexibility index (Phi) is 67.5. The van der Waals surface area contributed by atoms with Crippen molar-refractivity contribution in [3.8, 4) is 0 Å². The van der Waals surface area contributed by atoms with Gasteiger partial charge in [0.05, 0.1) is 63.2 Å². The summed E-state index contributed by atoms with van der Waals surface area (Å²) < 4.78 is 38.2. The summed E-state index contributed by atoms with van der Waals surface area (Å²) in [5.41, 5.74) is 6.00. The number of nitrogens with one attached hydrogen (secondary N) is 1. The number of esters is 2. The third-order valence-electron chi connectivity index (χ3n) is 21.2. The maximum absolute atomic E-state index is 13.9. The summed E-state index contributed by atoms with van der Waals surface area (Å²) >= 11 is 3.36. The van der Waals surface area contributed by atoms with Gasteiger partial charge in [-0.1, -0.05) is 388 Å². The molecule has 0 unspecified atom stereocenters. The standard InChI is InChI=1S/C29H29N3O5.C22H23N3O5.C12H26.C11H24.C10H22.C9H20.C7H7Br.CH3F.2CH4.Na.H/c1-3-36-29(35)25-26(30-13-15-31(16-14-30)27(33)24-10-7-17-37-24)22-18-20(2)11-12-23(22)32(28(25)34)19-21-8-5-4-6-9-21;1-3-29-22(28)18-19(15-13-14(2)6-7-16(15)23-20(18)26)24-8-10-25(11-9-24)21(27)17-5-4-12-30-17;1-3-5-7-9-11-12-10-8-6-4-2;1-3-5-7-9-11-10-8-6-4-2;1-3-5-7-9-10-8-6-4-2;1-3-5-7-9-8-6-4-2;8-6-7-4-2-1-3-5-7;1-2;;;;/h4-12,17-18H,3,13-16,19H2,1-2H3;4-7,12-13H,3,8-11H2,1-2H3,(H,23,26);3-12H2,1-2H3;3-11H2,1-2H3;3-10H2,1-2H3;3-9H2,1-2H3;1-5H,6H2;1H3;2*1H4;;/q;;;;;;;;;;+1;-1/i;;;;;;;1D;;;;. The topological polar surface area (TPSA) is 181 Å². The Bertz CT molecular complexity index is 4050. The minimum absolute atomic E-state index is 0. The minimum Gasteiger partial charge on any atom is -1.00 e. The number of hydrogen-bond acceptors (Lipinski definition) is 12. The summed E-state index contributed by atoms with van der Waals surface area (Å²) in [6, 6.07) is 38.2. The van der Waals surface area contributed by atoms with Gasteiger partial charge in [-0.05, 0) is 87.4 Å². The van der Waals surface area contributed by atoms with Crippen LogP contribution in [-0.4, -0.2) is 116 Å². The van der Waals surface area contributed by atoms with Crippen LogP contribution in [-0.2, 0) is 21.3 Å². The molecular weight excluding hydrogens is 1600 g/mol. The van der Waals surface area contributed by atoms with Crippen LogP contribution >= 0.6 is 15.9 Å². The van der Waals surface area contributed by atoms with Crippen LogP contribution in [0.2, 0.25) is 0 Å². The number of piperazine rings is 2. The molecule has 122 heavy (non-hydrogen) atoms. The Morgan fingerprint density at radius 3 is 1.07 bits per heavy atom. The number of aromatic amines is 1. The van der Waals surface area contributed by atoms with Gasteiger partial charge in [0.15, 0.2) is 11.5 Å². The van der Waals surface area contributed by atoms with Gasteiger partial charge in [0.25, 0.3) is 22.9 Å². The molecule has 10 rings (SSSR count). The SMILES string of the molecule is BrCc1ccccc1.C.C.CCCCCCCCC.CCCCCCCCCC.CCCCCCCCCCC.CCCCCCCCCCCC.CCOC(=O)c1c(N2CCN(C(=O)c3ccco3)CC2)c2cc(C)ccc2[nH]c1=O.CCOC(=O)c1c(N2CCN(C(=O)c3ccco3)CC2)c2cc(C)ccc2n(Cc2ccccc2)c1=O.[2H]CF.[H-].[Na+]. The van der Waals surface area contributed by atoms with E-state index in [0.29, 0.717) is 87.3 Å². The Morgan fingerprint density at radius 2 is 0.754 bits per heavy atom. The van der Waals surface area contributed by atoms with E-state index >= 15 is 0 Å². The molecule has 16 nitrogen and oxygen atoms in total. The smallest absolute Gasteiger partial charge is 1.00 e. The predicted octanol–water partition coefficient (Wildman–Crippen LogP) is 25.6. The van der Waals surface area contributed by atoms with Gasteiger partial charge in [-0.3, -0.25) is 23.6 Å². The molecule has 0 aliphatic carbocycles. The van der Waals surface area contributed by atoms with Crippen molar-refractivity contribution >= 4 is 72.9 Å². The Morgan fingerprint density at radius 1 is 0.434 bits per heavy atom. The summed E-state index contributed by atoms with van der Waals surface area (Å²) in [5.74, 6) is -1.03. The first-order valence-corrected chi connectivity index (χ1v) is 46.9. The number of pyridine rings is 2. The van der Waals surface area contributed by atoms with Gasteiger partial charge in [0, 0.05) is 68.5 Å². The number of fused-ring (bicyclic) bond motifs is 2. The minimum atomic E-state index is -1.00. The summed E-state index contributed by atoms with van der Waals surface area (Å²) in [5, 5.41) is 2.54. The quantitative estimate of drug-likeness (QED) is 0.0166. The number of carbonyl (C=O) groups excluding carboxylic acids is 4. The molecule has 2 aliphatic rings. The van der Waals surface area contributed by atoms with E-state index in [9.17, 15) is 33.2 Å². The first-order valence-electron chi connectivity index (χ1n) is 46.5. The van der Waals surface area contributed by atoms with E-state index in [1.807, 2.05) is 109 Å². The monoisotopic (exact) mass is 1770 g/mol. The first kappa shape index (κ1) is 113. The number of halogens is 2. The van der Waals surface area contributed by atoms with Crippen molar-refractivity contribution in [2.75, 3.05) is 82.5 Å². The van der Waals surface area contributed by atoms with E-state index in [0.717, 1.165) is 38.3 Å². The van der Waals surface area contributed by atoms with Crippen LogP contribution in [0.4, 0.5) is 15.8 Å². The Balaban J connectivity index is 0. The molecule has 19 heteroatoms. The van der Waals surface area contributed by atoms with Crippen LogP contribution < -0.4 is 50.5 Å². The van der Waals surface area contributed by atoms with Gasteiger partial charge < -0.3 is 48.9 Å². The number of aryl methyl sites for hydroxylation is 2. The van der Waals surface area contributed by atoms with Crippen molar-refractivity contribution in [2.45, 2.75) is 328 Å². The average Bonchev–Trinajstić information content (AvgIpc) is 0.796. The number of hydrogen-bond donors (Lipinski definition) is 1. The van der Waals surface area contributed by atoms with Crippen LogP contribution in [0.1, 0.15) is 369 Å². The molecular formula is C103H163BrFN6NaO10. The molecule has 2 amide bonds. The number of furan rings is 2. The molecule has 680 valence electrons. The molecule has 0 bridgehead atoms. The average molecular weight is 1770 g/mol. The summed E-state index contributed by atoms with van der Waals surface area (Å²) in [6.07, 6.45) is 51.8. The molecule has 8 aromatic rings. The number of H-pyrrole nitrogens is 1. The van der Waals surface area contributed by atoms with E-state index < -0.39 is 24.7 Å². The number of rotatable bonds is 41. The fourth-order valence-corrected chi connectivity index (χ4v) is 14.8. The van der Waals surface area contributed by atoms with Crippen LogP contribution in [0.3, 0.4) is 0 Å². The molecule has 0 atom stereocenters. The second kappa shape index (κ2) is 73.0. The molecule has 4 aromatic carbocycles. The fraction of sp³-hybridized carbons (Fsp3) is 0.592. The van der Waals surface area contributed by atoms with Gasteiger partial charge in [-0.15, -0.1) is 0 Å². The Hall–Kier alpha value is -7.25. The van der Waals surface area contributed by atoms with E-state index in [4.69, 9.17) is 19.7 Å². The van der Waals surface area contributed by atoms with Crippen molar-refractivity contribution < 1.29 is 74.2 Å². The van der Waals surface area contributed by atoms with Crippen molar-refractivity contribution in [1.82, 2.24) is 19.4 Å². The molecule has 0 saturated carbocycles. The largest absolute Gasteiger partial charge is 1.00 e. The number of unbranched alkanes of at least 4 members (excludes halogenated alkanes) is 30. The van der Waals surface area contributed by atoms with Gasteiger partial charge in [-0.2, -0.15) is 0 Å². The third-order valence-corrected chi connectivity index (χ3v) is 21.9. The third kappa shape index (κ3) is 44.1. The van der Waals surface area contributed by atoms with Gasteiger partial charge in [0.1, 0.15) is 11.1 Å². The molecule has 0 radical (unpaired) electrons. The second-order valence-electron chi connectivity index (χ2n) is 31.1. The van der Waals surface area contributed by atoms with Crippen molar-refractivity contribution in [1.29, 1.82) is 0 Å². The Labute approximate surface area is 771 Å². The summed E-state index contributed by atoms with van der Waals surface area (Å²) in [7, 11) is -1.00. The number of nitrogens with zero attached hydrogens (tertiary/aromatic N) is 5. The number of ether oxygens (including phenoxy) is 2. The molecule has 2 aliphatic heterocycles. The first-order chi connectivity index (χ1) is 58.5. The maximum Gasteiger partial charge on any atom is 1.00 e. The van der Waals surface area contributed by atoms with Crippen molar-refractivity contribution in [3.63, 3.8) is 0 Å². The number of amides is 2. The maximum atomic E-state index is 13.9. The van der Waals surface area contributed by atoms with E-state index in [1.54, 1.807) is 52.5 Å². The molecule has 4 aromatic heterocycles. The number of benzene rings is 4. The number of aromatic nitrogens is 2. The molecule has 6 heterocycles. The van der Waals surface area contributed by atoms with Gasteiger partial charge in [-0.25, -0.2) is 9.59 Å². The van der Waals surface area contributed by atoms with Gasteiger partial charge >= 0.3 is 41.5 Å². The zero-order valence-electron chi connectivity index (χ0n) is 78.5. The molecule has 2 fully saturated rings. The van der Waals surface area contributed by atoms with Crippen molar-refractivity contribution in [2.24, 2.45) is 0 Å². The number of alkyl halides is 2. The van der Waals surface area contributed by atoms with Crippen LogP contribution in [0.5, 0.6) is 0 Å². The van der Waals surface area contributed by atoms with E-state index in [2.05, 4.69) is 88.4 Å². The zero-order chi connectivity index (χ0) is 87.8. The molecule has 1 N–H and O–H groups in total. The number of anilines is 2. The van der Waals surface area contributed by atoms with Crippen LogP contribution in [0.25, 0.3) is 21.8 Å². The number of carbonyl (C=O) groups is 4.